The van der Waals surface area contributed by atoms with E-state index in [1.54, 1.807) is 6.20 Å². The maximum atomic E-state index is 13.0. The molecule has 2 aliphatic carbocycles. The predicted molar refractivity (Wildman–Crippen MR) is 105 cm³/mol. The first-order valence-electron chi connectivity index (χ1n) is 10.3. The third-order valence-electron chi connectivity index (χ3n) is 7.01. The quantitative estimate of drug-likeness (QED) is 0.862. The molecule has 1 saturated carbocycles. The lowest BCUT2D eigenvalue weighted by molar-refractivity contribution is -0.124. The standard InChI is InChI=1S/C22H26N4O2/c27-20(25-15-4-3-5-15)17-12-22(18-7-2-1-6-16(17)18)8-10-26(11-9-22)21(28)19-13-23-14-24-19/h1-2,6-7,13-15,17H,3-5,8-12H2,(H,23,24)(H,25,27). The van der Waals surface area contributed by atoms with E-state index in [4.69, 9.17) is 0 Å². The molecule has 1 saturated heterocycles. The van der Waals surface area contributed by atoms with Gasteiger partial charge in [-0.1, -0.05) is 24.3 Å². The van der Waals surface area contributed by atoms with Crippen LogP contribution >= 0.6 is 0 Å². The minimum Gasteiger partial charge on any atom is -0.353 e. The van der Waals surface area contributed by atoms with Gasteiger partial charge >= 0.3 is 0 Å². The average Bonchev–Trinajstić information content (AvgIpc) is 3.33. The van der Waals surface area contributed by atoms with Crippen molar-refractivity contribution in [1.82, 2.24) is 20.2 Å². The van der Waals surface area contributed by atoms with E-state index in [-0.39, 0.29) is 23.1 Å². The zero-order valence-electron chi connectivity index (χ0n) is 16.0. The molecule has 2 N–H and O–H groups in total. The Kier molecular flexibility index (Phi) is 4.22. The van der Waals surface area contributed by atoms with Crippen LogP contribution in [-0.4, -0.2) is 45.8 Å². The number of benzene rings is 1. The minimum absolute atomic E-state index is 0.00296. The summed E-state index contributed by atoms with van der Waals surface area (Å²) in [4.78, 5) is 34.4. The third kappa shape index (κ3) is 2.82. The highest BCUT2D eigenvalue weighted by atomic mass is 16.2. The van der Waals surface area contributed by atoms with Crippen LogP contribution in [0.5, 0.6) is 0 Å². The summed E-state index contributed by atoms with van der Waals surface area (Å²) in [7, 11) is 0. The lowest BCUT2D eigenvalue weighted by atomic mass is 9.73. The van der Waals surface area contributed by atoms with Gasteiger partial charge in [0.05, 0.1) is 18.4 Å². The molecule has 2 fully saturated rings. The van der Waals surface area contributed by atoms with Crippen LogP contribution in [0.4, 0.5) is 0 Å². The Bertz CT molecular complexity index is 880. The van der Waals surface area contributed by atoms with Crippen molar-refractivity contribution < 1.29 is 9.59 Å². The predicted octanol–water partition coefficient (Wildman–Crippen LogP) is 2.74. The first kappa shape index (κ1) is 17.5. The Balaban J connectivity index is 1.34. The molecule has 1 spiro atoms. The minimum atomic E-state index is -0.0633. The molecule has 28 heavy (non-hydrogen) atoms. The number of nitrogens with zero attached hydrogens (tertiary/aromatic N) is 2. The summed E-state index contributed by atoms with van der Waals surface area (Å²) in [6, 6.07) is 8.80. The Labute approximate surface area is 164 Å². The van der Waals surface area contributed by atoms with Crippen molar-refractivity contribution in [2.45, 2.75) is 55.9 Å². The maximum absolute atomic E-state index is 13.0. The van der Waals surface area contributed by atoms with Crippen LogP contribution in [0, 0.1) is 0 Å². The van der Waals surface area contributed by atoms with Gasteiger partial charge in [0.15, 0.2) is 0 Å². The molecule has 2 amide bonds. The van der Waals surface area contributed by atoms with E-state index >= 15 is 0 Å². The molecular formula is C22H26N4O2. The maximum Gasteiger partial charge on any atom is 0.271 e. The monoisotopic (exact) mass is 378 g/mol. The van der Waals surface area contributed by atoms with Crippen LogP contribution in [0.2, 0.25) is 0 Å². The number of hydrogen-bond donors (Lipinski definition) is 2. The summed E-state index contributed by atoms with van der Waals surface area (Å²) in [6.07, 6.45) is 9.21. The van der Waals surface area contributed by atoms with Gasteiger partial charge in [-0.15, -0.1) is 0 Å². The highest BCUT2D eigenvalue weighted by molar-refractivity contribution is 5.92. The van der Waals surface area contributed by atoms with Crippen molar-refractivity contribution in [3.63, 3.8) is 0 Å². The van der Waals surface area contributed by atoms with Crippen molar-refractivity contribution in [1.29, 1.82) is 0 Å². The molecule has 1 unspecified atom stereocenters. The number of fused-ring (bicyclic) bond motifs is 2. The SMILES string of the molecule is O=C(NC1CCC1)C1CC2(CCN(C(=O)c3cnc[nH]3)CC2)c2ccccc21. The number of piperidine rings is 1. The smallest absolute Gasteiger partial charge is 0.271 e. The lowest BCUT2D eigenvalue weighted by Crippen LogP contribution is -2.45. The molecule has 1 aliphatic heterocycles. The number of hydrogen-bond acceptors (Lipinski definition) is 3. The molecule has 5 rings (SSSR count). The van der Waals surface area contributed by atoms with E-state index in [2.05, 4.69) is 33.5 Å². The number of H-pyrrole nitrogens is 1. The molecule has 2 aromatic rings. The van der Waals surface area contributed by atoms with Gasteiger partial charge in [-0.3, -0.25) is 9.59 Å². The van der Waals surface area contributed by atoms with E-state index in [0.29, 0.717) is 24.8 Å². The van der Waals surface area contributed by atoms with Gasteiger partial charge in [-0.2, -0.15) is 0 Å². The van der Waals surface area contributed by atoms with Gasteiger partial charge in [0.1, 0.15) is 5.69 Å². The van der Waals surface area contributed by atoms with Gasteiger partial charge in [-0.25, -0.2) is 4.98 Å². The summed E-state index contributed by atoms with van der Waals surface area (Å²) in [5.74, 6) is 0.134. The molecule has 1 atom stereocenters. The molecule has 0 bridgehead atoms. The topological polar surface area (TPSA) is 78.1 Å². The number of rotatable bonds is 3. The summed E-state index contributed by atoms with van der Waals surface area (Å²) >= 11 is 0. The first-order chi connectivity index (χ1) is 13.7. The van der Waals surface area contributed by atoms with Crippen molar-refractivity contribution in [2.75, 3.05) is 13.1 Å². The van der Waals surface area contributed by atoms with Crippen LogP contribution in [-0.2, 0) is 10.2 Å². The number of nitrogens with one attached hydrogen (secondary N) is 2. The number of likely N-dealkylation sites (tertiary alicyclic amines) is 1. The Morgan fingerprint density at radius 2 is 1.96 bits per heavy atom. The second kappa shape index (κ2) is 6.76. The fourth-order valence-electron chi connectivity index (χ4n) is 5.14. The van der Waals surface area contributed by atoms with Crippen LogP contribution < -0.4 is 5.32 Å². The normalized spacial score (nSPS) is 23.3. The fourth-order valence-corrected chi connectivity index (χ4v) is 5.14. The number of imidazole rings is 1. The average molecular weight is 378 g/mol. The Hall–Kier alpha value is -2.63. The summed E-state index contributed by atoms with van der Waals surface area (Å²) in [5.41, 5.74) is 3.05. The molecule has 1 aromatic heterocycles. The van der Waals surface area contributed by atoms with E-state index < -0.39 is 0 Å². The Morgan fingerprint density at radius 3 is 2.64 bits per heavy atom. The van der Waals surface area contributed by atoms with Crippen molar-refractivity contribution in [3.8, 4) is 0 Å². The molecule has 2 heterocycles. The van der Waals surface area contributed by atoms with Crippen LogP contribution in [0.15, 0.2) is 36.8 Å². The lowest BCUT2D eigenvalue weighted by Gasteiger charge is -2.40. The second-order valence-corrected chi connectivity index (χ2v) is 8.52. The molecule has 6 nitrogen and oxygen atoms in total. The fraction of sp³-hybridized carbons (Fsp3) is 0.500. The largest absolute Gasteiger partial charge is 0.353 e. The zero-order chi connectivity index (χ0) is 19.1. The molecule has 3 aliphatic rings. The Morgan fingerprint density at radius 1 is 1.18 bits per heavy atom. The third-order valence-corrected chi connectivity index (χ3v) is 7.01. The molecular weight excluding hydrogens is 352 g/mol. The molecule has 1 aromatic carbocycles. The van der Waals surface area contributed by atoms with Gasteiger partial charge < -0.3 is 15.2 Å². The van der Waals surface area contributed by atoms with Crippen LogP contribution in [0.3, 0.4) is 0 Å². The van der Waals surface area contributed by atoms with E-state index in [0.717, 1.165) is 32.1 Å². The van der Waals surface area contributed by atoms with Gasteiger partial charge in [0.2, 0.25) is 5.91 Å². The van der Waals surface area contributed by atoms with E-state index in [1.165, 1.54) is 23.9 Å². The number of carbonyl (C=O) groups excluding carboxylic acids is 2. The second-order valence-electron chi connectivity index (χ2n) is 8.52. The van der Waals surface area contributed by atoms with Crippen LogP contribution in [0.25, 0.3) is 0 Å². The van der Waals surface area contributed by atoms with Crippen molar-refractivity contribution in [3.05, 3.63) is 53.6 Å². The first-order valence-corrected chi connectivity index (χ1v) is 10.3. The molecule has 6 heteroatoms. The number of carbonyl (C=O) groups is 2. The highest BCUT2D eigenvalue weighted by Crippen LogP contribution is 2.51. The molecule has 0 radical (unpaired) electrons. The summed E-state index contributed by atoms with van der Waals surface area (Å²) in [6.45, 7) is 1.42. The van der Waals surface area contributed by atoms with E-state index in [1.807, 2.05) is 11.0 Å². The van der Waals surface area contributed by atoms with E-state index in [9.17, 15) is 9.59 Å². The number of aromatic amines is 1. The number of aromatic nitrogens is 2. The van der Waals surface area contributed by atoms with Gasteiger partial charge in [0.25, 0.3) is 5.91 Å². The zero-order valence-corrected chi connectivity index (χ0v) is 16.0. The van der Waals surface area contributed by atoms with Crippen molar-refractivity contribution in [2.24, 2.45) is 0 Å². The van der Waals surface area contributed by atoms with Gasteiger partial charge in [0, 0.05) is 24.5 Å². The van der Waals surface area contributed by atoms with Crippen molar-refractivity contribution >= 4 is 11.8 Å². The van der Waals surface area contributed by atoms with Crippen LogP contribution in [0.1, 0.15) is 66.1 Å². The molecule has 146 valence electrons. The highest BCUT2D eigenvalue weighted by Gasteiger charge is 2.48. The van der Waals surface area contributed by atoms with Gasteiger partial charge in [-0.05, 0) is 49.7 Å². The summed E-state index contributed by atoms with van der Waals surface area (Å²) in [5, 5.41) is 3.25. The summed E-state index contributed by atoms with van der Waals surface area (Å²) < 4.78 is 0. The number of amides is 2.